The van der Waals surface area contributed by atoms with Gasteiger partial charge in [0.2, 0.25) is 0 Å². The van der Waals surface area contributed by atoms with E-state index in [-0.39, 0.29) is 53.2 Å². The molecule has 1 N–H and O–H groups in total. The van der Waals surface area contributed by atoms with Crippen molar-refractivity contribution in [3.8, 4) is 34.3 Å². The minimum Gasteiger partial charge on any atom is -0.507 e. The maximum absolute atomic E-state index is 12.7. The summed E-state index contributed by atoms with van der Waals surface area (Å²) in [5.41, 5.74) is -0.199. The Kier molecular flexibility index (Phi) is 7.12. The van der Waals surface area contributed by atoms with E-state index >= 15 is 0 Å². The van der Waals surface area contributed by atoms with Crippen LogP contribution in [0.4, 0.5) is 0 Å². The quantitative estimate of drug-likeness (QED) is 0.414. The van der Waals surface area contributed by atoms with E-state index in [0.717, 1.165) is 12.1 Å². The van der Waals surface area contributed by atoms with Gasteiger partial charge in [-0.25, -0.2) is 0 Å². The second kappa shape index (κ2) is 9.99. The van der Waals surface area contributed by atoms with Crippen LogP contribution in [0, 0.1) is 0 Å². The number of ether oxygens (including phenoxy) is 3. The van der Waals surface area contributed by atoms with Crippen LogP contribution in [0.3, 0.4) is 0 Å². The van der Waals surface area contributed by atoms with E-state index in [0.29, 0.717) is 5.56 Å². The molecule has 33 heavy (non-hydrogen) atoms. The summed E-state index contributed by atoms with van der Waals surface area (Å²) in [7, 11) is 0. The summed E-state index contributed by atoms with van der Waals surface area (Å²) in [5, 5.41) is 10.2. The van der Waals surface area contributed by atoms with E-state index in [1.807, 2.05) is 0 Å². The van der Waals surface area contributed by atoms with Gasteiger partial charge < -0.3 is 23.7 Å². The zero-order valence-corrected chi connectivity index (χ0v) is 18.3. The molecule has 0 saturated heterocycles. The molecule has 0 atom stereocenters. The Balaban J connectivity index is 2.11. The summed E-state index contributed by atoms with van der Waals surface area (Å²) in [4.78, 5) is 47.8. The molecule has 1 aromatic heterocycles. The van der Waals surface area contributed by atoms with Gasteiger partial charge in [-0.2, -0.15) is 0 Å². The molecule has 9 nitrogen and oxygen atoms in total. The summed E-state index contributed by atoms with van der Waals surface area (Å²) in [6, 6.07) is 7.98. The summed E-state index contributed by atoms with van der Waals surface area (Å²) >= 11 is 0. The highest BCUT2D eigenvalue weighted by atomic mass is 16.6. The van der Waals surface area contributed by atoms with Crippen LogP contribution < -0.4 is 19.6 Å². The van der Waals surface area contributed by atoms with Crippen molar-refractivity contribution in [3.05, 3.63) is 46.6 Å². The summed E-state index contributed by atoms with van der Waals surface area (Å²) in [5.74, 6) is -1.84. The Bertz CT molecular complexity index is 1290. The first-order chi connectivity index (χ1) is 15.7. The van der Waals surface area contributed by atoms with Crippen molar-refractivity contribution in [2.75, 3.05) is 0 Å². The smallest absolute Gasteiger partial charge is 0.311 e. The SMILES string of the molecule is CCC(=O)Oc1cc(O)c2c(=O)cc(-c3ccc(OC(=O)CC)c(OC(=O)CC)c3)oc2c1. The number of aromatic hydroxyl groups is 1. The summed E-state index contributed by atoms with van der Waals surface area (Å²) in [6.07, 6.45) is 0.336. The maximum atomic E-state index is 12.7. The average Bonchev–Trinajstić information content (AvgIpc) is 2.79. The molecule has 0 bridgehead atoms. The highest BCUT2D eigenvalue weighted by Gasteiger charge is 2.18. The number of hydrogen-bond donors (Lipinski definition) is 1. The second-order valence-corrected chi connectivity index (χ2v) is 6.93. The van der Waals surface area contributed by atoms with Gasteiger partial charge in [-0.3, -0.25) is 19.2 Å². The van der Waals surface area contributed by atoms with Gasteiger partial charge in [0.15, 0.2) is 16.9 Å². The monoisotopic (exact) mass is 454 g/mol. The van der Waals surface area contributed by atoms with Crippen molar-refractivity contribution in [1.29, 1.82) is 0 Å². The van der Waals surface area contributed by atoms with Crippen LogP contribution in [-0.2, 0) is 14.4 Å². The molecule has 3 aromatic rings. The molecule has 0 spiro atoms. The van der Waals surface area contributed by atoms with Gasteiger partial charge in [0, 0.05) is 43.0 Å². The molecule has 0 fully saturated rings. The lowest BCUT2D eigenvalue weighted by molar-refractivity contribution is -0.136. The van der Waals surface area contributed by atoms with Crippen LogP contribution in [-0.4, -0.2) is 23.0 Å². The third-order valence-corrected chi connectivity index (χ3v) is 4.56. The van der Waals surface area contributed by atoms with E-state index in [2.05, 4.69) is 0 Å². The molecule has 2 aromatic carbocycles. The molecule has 0 amide bonds. The first-order valence-electron chi connectivity index (χ1n) is 10.3. The molecule has 0 unspecified atom stereocenters. The third kappa shape index (κ3) is 5.38. The highest BCUT2D eigenvalue weighted by Crippen LogP contribution is 2.35. The van der Waals surface area contributed by atoms with Gasteiger partial charge in [0.05, 0.1) is 0 Å². The largest absolute Gasteiger partial charge is 0.507 e. The molecule has 0 saturated carbocycles. The van der Waals surface area contributed by atoms with Gasteiger partial charge in [0.1, 0.15) is 28.2 Å². The molecule has 1 heterocycles. The van der Waals surface area contributed by atoms with Crippen LogP contribution in [0.15, 0.2) is 45.6 Å². The predicted molar refractivity (Wildman–Crippen MR) is 117 cm³/mol. The van der Waals surface area contributed by atoms with Crippen molar-refractivity contribution in [2.24, 2.45) is 0 Å². The number of carbonyl (C=O) groups is 3. The van der Waals surface area contributed by atoms with Crippen LogP contribution in [0.5, 0.6) is 23.0 Å². The summed E-state index contributed by atoms with van der Waals surface area (Å²) in [6.45, 7) is 4.85. The number of esters is 3. The van der Waals surface area contributed by atoms with Gasteiger partial charge in [-0.15, -0.1) is 0 Å². The minimum absolute atomic E-state index is 0.00927. The molecule has 0 radical (unpaired) electrons. The van der Waals surface area contributed by atoms with Gasteiger partial charge in [0.25, 0.3) is 0 Å². The van der Waals surface area contributed by atoms with Crippen LogP contribution >= 0.6 is 0 Å². The second-order valence-electron chi connectivity index (χ2n) is 6.93. The Morgan fingerprint density at radius 3 is 2.06 bits per heavy atom. The lowest BCUT2D eigenvalue weighted by Gasteiger charge is -2.12. The van der Waals surface area contributed by atoms with Crippen LogP contribution in [0.2, 0.25) is 0 Å². The lowest BCUT2D eigenvalue weighted by atomic mass is 10.1. The number of rotatable bonds is 7. The molecule has 0 aliphatic heterocycles. The molecule has 9 heteroatoms. The number of hydrogen-bond acceptors (Lipinski definition) is 9. The molecule has 0 aliphatic rings. The van der Waals surface area contributed by atoms with E-state index < -0.39 is 29.1 Å². The number of phenolic OH excluding ortho intramolecular Hbond substituents is 1. The van der Waals surface area contributed by atoms with Gasteiger partial charge in [-0.05, 0) is 18.2 Å². The average molecular weight is 454 g/mol. The maximum Gasteiger partial charge on any atom is 0.311 e. The third-order valence-electron chi connectivity index (χ3n) is 4.56. The zero-order chi connectivity index (χ0) is 24.1. The van der Waals surface area contributed by atoms with Crippen molar-refractivity contribution >= 4 is 28.9 Å². The van der Waals surface area contributed by atoms with E-state index in [9.17, 15) is 24.3 Å². The van der Waals surface area contributed by atoms with Crippen molar-refractivity contribution < 1.29 is 38.1 Å². The van der Waals surface area contributed by atoms with E-state index in [1.165, 1.54) is 24.3 Å². The van der Waals surface area contributed by atoms with Crippen molar-refractivity contribution in [2.45, 2.75) is 40.0 Å². The zero-order valence-electron chi connectivity index (χ0n) is 18.3. The van der Waals surface area contributed by atoms with Crippen LogP contribution in [0.25, 0.3) is 22.3 Å². The molecular weight excluding hydrogens is 432 g/mol. The standard InChI is InChI=1S/C24H22O9/c1-4-21(27)30-14-10-15(25)24-16(26)12-18(31-20(24)11-14)13-7-8-17(32-22(28)5-2)19(9-13)33-23(29)6-3/h7-12,25H,4-6H2,1-3H3. The normalized spacial score (nSPS) is 10.6. The fraction of sp³-hybridized carbons (Fsp3) is 0.250. The highest BCUT2D eigenvalue weighted by molar-refractivity contribution is 5.87. The Morgan fingerprint density at radius 2 is 1.42 bits per heavy atom. The fourth-order valence-electron chi connectivity index (χ4n) is 2.86. The Labute approximate surface area is 188 Å². The first kappa shape index (κ1) is 23.5. The first-order valence-corrected chi connectivity index (χ1v) is 10.3. The number of phenols is 1. The van der Waals surface area contributed by atoms with E-state index in [1.54, 1.807) is 20.8 Å². The fourth-order valence-corrected chi connectivity index (χ4v) is 2.86. The molecule has 0 aliphatic carbocycles. The molecular formula is C24H22O9. The number of benzene rings is 2. The van der Waals surface area contributed by atoms with E-state index in [4.69, 9.17) is 18.6 Å². The predicted octanol–water partition coefficient (Wildman–Crippen LogP) is 4.11. The van der Waals surface area contributed by atoms with Crippen molar-refractivity contribution in [3.63, 3.8) is 0 Å². The molecule has 172 valence electrons. The van der Waals surface area contributed by atoms with Crippen LogP contribution in [0.1, 0.15) is 40.0 Å². The summed E-state index contributed by atoms with van der Waals surface area (Å²) < 4.78 is 21.4. The van der Waals surface area contributed by atoms with Gasteiger partial charge in [-0.1, -0.05) is 20.8 Å². The Hall–Kier alpha value is -4.14. The topological polar surface area (TPSA) is 129 Å². The van der Waals surface area contributed by atoms with Crippen molar-refractivity contribution in [1.82, 2.24) is 0 Å². The number of carbonyl (C=O) groups excluding carboxylic acids is 3. The number of fused-ring (bicyclic) bond motifs is 1. The molecule has 3 rings (SSSR count). The lowest BCUT2D eigenvalue weighted by Crippen LogP contribution is -2.10. The minimum atomic E-state index is -0.548. The Morgan fingerprint density at radius 1 is 0.818 bits per heavy atom. The van der Waals surface area contributed by atoms with Gasteiger partial charge >= 0.3 is 17.9 Å².